The second-order valence-corrected chi connectivity index (χ2v) is 5.34. The van der Waals surface area contributed by atoms with E-state index < -0.39 is 11.6 Å². The maximum absolute atomic E-state index is 11.4. The summed E-state index contributed by atoms with van der Waals surface area (Å²) in [6.45, 7) is 4.16. The van der Waals surface area contributed by atoms with Crippen LogP contribution in [0.15, 0.2) is 30.9 Å². The van der Waals surface area contributed by atoms with Crippen molar-refractivity contribution in [2.75, 3.05) is 20.6 Å². The number of nitrogens with one attached hydrogen (secondary N) is 1. The van der Waals surface area contributed by atoms with Gasteiger partial charge in [-0.3, -0.25) is 0 Å². The Morgan fingerprint density at radius 2 is 2.15 bits per heavy atom. The number of hydrogen-bond acceptors (Lipinski definition) is 2. The van der Waals surface area contributed by atoms with Gasteiger partial charge in [0, 0.05) is 13.6 Å². The van der Waals surface area contributed by atoms with Gasteiger partial charge in [-0.25, -0.2) is 4.79 Å². The molecule has 6 heteroatoms. The van der Waals surface area contributed by atoms with Gasteiger partial charge in [-0.05, 0) is 31.2 Å². The molecule has 0 radical (unpaired) electrons. The van der Waals surface area contributed by atoms with Crippen LogP contribution in [-0.2, 0) is 5.54 Å². The van der Waals surface area contributed by atoms with Crippen molar-refractivity contribution in [1.29, 1.82) is 0 Å². The van der Waals surface area contributed by atoms with E-state index in [0.717, 1.165) is 5.56 Å². The molecule has 0 spiro atoms. The highest BCUT2D eigenvalue weighted by Gasteiger charge is 2.38. The van der Waals surface area contributed by atoms with Gasteiger partial charge in [0.15, 0.2) is 0 Å². The molecule has 1 amide bonds. The van der Waals surface area contributed by atoms with Gasteiger partial charge in [0.1, 0.15) is 0 Å². The standard InChI is InChI=1S/C14H18Cl2N2O2/c1-4-7-14(9-17-2,18(3)13(19)20)10-5-6-11(15)12(16)8-10/h4-6,8,17H,1,7,9H2,2-3H3,(H,19,20)/t14-/m1/s1. The van der Waals surface area contributed by atoms with E-state index in [4.69, 9.17) is 23.2 Å². The van der Waals surface area contributed by atoms with Gasteiger partial charge < -0.3 is 15.3 Å². The predicted molar refractivity (Wildman–Crippen MR) is 82.7 cm³/mol. The van der Waals surface area contributed by atoms with Gasteiger partial charge in [0.05, 0.1) is 15.6 Å². The van der Waals surface area contributed by atoms with Gasteiger partial charge >= 0.3 is 6.09 Å². The van der Waals surface area contributed by atoms with Crippen LogP contribution in [0.1, 0.15) is 12.0 Å². The summed E-state index contributed by atoms with van der Waals surface area (Å²) in [5.41, 5.74) is -0.0117. The minimum atomic E-state index is -1.02. The Morgan fingerprint density at radius 1 is 1.50 bits per heavy atom. The number of carbonyl (C=O) groups is 1. The van der Waals surface area contributed by atoms with Crippen molar-refractivity contribution in [3.8, 4) is 0 Å². The quantitative estimate of drug-likeness (QED) is 0.788. The highest BCUT2D eigenvalue weighted by molar-refractivity contribution is 6.42. The normalized spacial score (nSPS) is 13.6. The third-order valence-corrected chi connectivity index (χ3v) is 4.08. The smallest absolute Gasteiger partial charge is 0.407 e. The Kier molecular flexibility index (Phi) is 5.87. The average molecular weight is 317 g/mol. The molecule has 0 saturated carbocycles. The number of halogens is 2. The van der Waals surface area contributed by atoms with Crippen LogP contribution in [0.4, 0.5) is 4.79 Å². The Morgan fingerprint density at radius 3 is 2.60 bits per heavy atom. The number of likely N-dealkylation sites (N-methyl/N-ethyl adjacent to an activating group) is 2. The first kappa shape index (κ1) is 16.8. The minimum Gasteiger partial charge on any atom is -0.465 e. The Balaban J connectivity index is 3.43. The topological polar surface area (TPSA) is 52.6 Å². The lowest BCUT2D eigenvalue weighted by atomic mass is 9.85. The van der Waals surface area contributed by atoms with Crippen molar-refractivity contribution >= 4 is 29.3 Å². The van der Waals surface area contributed by atoms with E-state index in [1.807, 2.05) is 0 Å². The first-order valence-corrected chi connectivity index (χ1v) is 6.82. The van der Waals surface area contributed by atoms with E-state index in [1.165, 1.54) is 11.9 Å². The number of nitrogens with zero attached hydrogens (tertiary/aromatic N) is 1. The van der Waals surface area contributed by atoms with E-state index in [2.05, 4.69) is 11.9 Å². The molecule has 1 atom stereocenters. The summed E-state index contributed by atoms with van der Waals surface area (Å²) < 4.78 is 0. The fraction of sp³-hybridized carbons (Fsp3) is 0.357. The molecular formula is C14H18Cl2N2O2. The van der Waals surface area contributed by atoms with Gasteiger partial charge in [-0.1, -0.05) is 35.3 Å². The predicted octanol–water partition coefficient (Wildman–Crippen LogP) is 3.59. The summed E-state index contributed by atoms with van der Waals surface area (Å²) in [4.78, 5) is 12.7. The molecule has 0 aliphatic carbocycles. The van der Waals surface area contributed by atoms with Crippen LogP contribution in [0, 0.1) is 0 Å². The zero-order valence-corrected chi connectivity index (χ0v) is 13.0. The molecule has 0 unspecified atom stereocenters. The molecule has 1 rings (SSSR count). The minimum absolute atomic E-state index is 0.396. The second-order valence-electron chi connectivity index (χ2n) is 4.53. The molecule has 0 aliphatic rings. The fourth-order valence-corrected chi connectivity index (χ4v) is 2.54. The molecule has 0 heterocycles. The van der Waals surface area contributed by atoms with Crippen LogP contribution in [0.2, 0.25) is 10.0 Å². The summed E-state index contributed by atoms with van der Waals surface area (Å²) in [5.74, 6) is 0. The van der Waals surface area contributed by atoms with E-state index in [-0.39, 0.29) is 0 Å². The maximum Gasteiger partial charge on any atom is 0.407 e. The molecular weight excluding hydrogens is 299 g/mol. The molecule has 110 valence electrons. The van der Waals surface area contributed by atoms with Crippen molar-refractivity contribution < 1.29 is 9.90 Å². The van der Waals surface area contributed by atoms with Gasteiger partial charge in [-0.2, -0.15) is 0 Å². The van der Waals surface area contributed by atoms with Crippen LogP contribution >= 0.6 is 23.2 Å². The van der Waals surface area contributed by atoms with Gasteiger partial charge in [0.25, 0.3) is 0 Å². The zero-order valence-electron chi connectivity index (χ0n) is 11.5. The summed E-state index contributed by atoms with van der Waals surface area (Å²) in [7, 11) is 3.30. The first-order chi connectivity index (χ1) is 9.39. The molecule has 1 aromatic rings. The largest absolute Gasteiger partial charge is 0.465 e. The number of carboxylic acid groups (broad SMARTS) is 1. The van der Waals surface area contributed by atoms with Crippen molar-refractivity contribution in [1.82, 2.24) is 10.2 Å². The molecule has 20 heavy (non-hydrogen) atoms. The van der Waals surface area contributed by atoms with Crippen LogP contribution in [0.25, 0.3) is 0 Å². The van der Waals surface area contributed by atoms with Crippen molar-refractivity contribution in [3.05, 3.63) is 46.5 Å². The van der Waals surface area contributed by atoms with E-state index in [1.54, 1.807) is 31.3 Å². The number of hydrogen-bond donors (Lipinski definition) is 2. The maximum atomic E-state index is 11.4. The van der Waals surface area contributed by atoms with E-state index in [9.17, 15) is 9.90 Å². The van der Waals surface area contributed by atoms with Gasteiger partial charge in [0.2, 0.25) is 0 Å². The number of rotatable bonds is 6. The van der Waals surface area contributed by atoms with Crippen molar-refractivity contribution in [2.45, 2.75) is 12.0 Å². The number of benzene rings is 1. The van der Waals surface area contributed by atoms with Crippen LogP contribution < -0.4 is 5.32 Å². The van der Waals surface area contributed by atoms with Crippen LogP contribution in [0.3, 0.4) is 0 Å². The molecule has 2 N–H and O–H groups in total. The molecule has 0 aromatic heterocycles. The fourth-order valence-electron chi connectivity index (χ4n) is 2.24. The summed E-state index contributed by atoms with van der Waals surface area (Å²) in [5, 5.41) is 13.2. The third kappa shape index (κ3) is 3.26. The Bertz CT molecular complexity index is 508. The van der Waals surface area contributed by atoms with Gasteiger partial charge in [-0.15, -0.1) is 6.58 Å². The lowest BCUT2D eigenvalue weighted by molar-refractivity contribution is 0.0925. The lowest BCUT2D eigenvalue weighted by Crippen LogP contribution is -2.52. The second kappa shape index (κ2) is 6.97. The molecule has 4 nitrogen and oxygen atoms in total. The third-order valence-electron chi connectivity index (χ3n) is 3.34. The lowest BCUT2D eigenvalue weighted by Gasteiger charge is -2.40. The monoisotopic (exact) mass is 316 g/mol. The van der Waals surface area contributed by atoms with Crippen molar-refractivity contribution in [3.63, 3.8) is 0 Å². The van der Waals surface area contributed by atoms with Crippen molar-refractivity contribution in [2.24, 2.45) is 0 Å². The molecule has 0 saturated heterocycles. The molecule has 0 fully saturated rings. The Hall–Kier alpha value is -1.23. The SMILES string of the molecule is C=CC[C@@](CNC)(c1ccc(Cl)c(Cl)c1)N(C)C(=O)O. The summed E-state index contributed by atoms with van der Waals surface area (Å²) in [6.07, 6.45) is 1.13. The molecule has 1 aromatic carbocycles. The summed E-state index contributed by atoms with van der Waals surface area (Å²) in [6, 6.07) is 5.15. The number of amides is 1. The Labute approximate surface area is 129 Å². The van der Waals surface area contributed by atoms with Crippen LogP contribution in [-0.4, -0.2) is 36.7 Å². The highest BCUT2D eigenvalue weighted by atomic mass is 35.5. The molecule has 0 bridgehead atoms. The van der Waals surface area contributed by atoms with E-state index in [0.29, 0.717) is 23.0 Å². The van der Waals surface area contributed by atoms with Crippen LogP contribution in [0.5, 0.6) is 0 Å². The first-order valence-electron chi connectivity index (χ1n) is 6.07. The molecule has 0 aliphatic heterocycles. The summed E-state index contributed by atoms with van der Waals surface area (Å²) >= 11 is 12.0. The highest BCUT2D eigenvalue weighted by Crippen LogP contribution is 2.35. The zero-order chi connectivity index (χ0) is 15.3. The average Bonchev–Trinajstić information content (AvgIpc) is 2.40. The van der Waals surface area contributed by atoms with E-state index >= 15 is 0 Å².